The molecule has 0 aliphatic heterocycles. The summed E-state index contributed by atoms with van der Waals surface area (Å²) >= 11 is 3.49. The van der Waals surface area contributed by atoms with Gasteiger partial charge in [-0.3, -0.25) is 4.68 Å². The molecular formula is C11H19BrN2O. The second-order valence-electron chi connectivity index (χ2n) is 3.88. The van der Waals surface area contributed by atoms with Gasteiger partial charge >= 0.3 is 0 Å². The lowest BCUT2D eigenvalue weighted by Gasteiger charge is -2.11. The minimum atomic E-state index is 0.376. The molecule has 3 nitrogen and oxygen atoms in total. The van der Waals surface area contributed by atoms with Crippen LogP contribution in [0.15, 0.2) is 10.7 Å². The van der Waals surface area contributed by atoms with Crippen LogP contribution in [0.1, 0.15) is 45.3 Å². The fraction of sp³-hybridized carbons (Fsp3) is 0.727. The molecule has 0 unspecified atom stereocenters. The largest absolute Gasteiger partial charge is 0.375 e. The Morgan fingerprint density at radius 3 is 2.87 bits per heavy atom. The third-order valence-electron chi connectivity index (χ3n) is 2.22. The number of nitrogens with zero attached hydrogens (tertiary/aromatic N) is 2. The van der Waals surface area contributed by atoms with Crippen molar-refractivity contribution in [3.05, 3.63) is 16.4 Å². The summed E-state index contributed by atoms with van der Waals surface area (Å²) in [7, 11) is 0. The Hall–Kier alpha value is -0.350. The van der Waals surface area contributed by atoms with E-state index in [0.29, 0.717) is 12.6 Å². The summed E-state index contributed by atoms with van der Waals surface area (Å²) in [6.45, 7) is 7.87. The Bertz CT molecular complexity index is 297. The summed E-state index contributed by atoms with van der Waals surface area (Å²) in [6, 6.07) is 0.376. The van der Waals surface area contributed by atoms with Crippen molar-refractivity contribution in [1.82, 2.24) is 9.78 Å². The van der Waals surface area contributed by atoms with Crippen LogP contribution >= 0.6 is 15.9 Å². The van der Waals surface area contributed by atoms with E-state index in [1.165, 1.54) is 6.42 Å². The number of hydrogen-bond donors (Lipinski definition) is 0. The van der Waals surface area contributed by atoms with Gasteiger partial charge in [0.25, 0.3) is 0 Å². The topological polar surface area (TPSA) is 27.1 Å². The summed E-state index contributed by atoms with van der Waals surface area (Å²) in [4.78, 5) is 0. The summed E-state index contributed by atoms with van der Waals surface area (Å²) in [5.74, 6) is 0. The molecule has 0 N–H and O–H groups in total. The highest BCUT2D eigenvalue weighted by atomic mass is 79.9. The quantitative estimate of drug-likeness (QED) is 0.742. The van der Waals surface area contributed by atoms with Crippen molar-refractivity contribution in [3.63, 3.8) is 0 Å². The van der Waals surface area contributed by atoms with E-state index in [2.05, 4.69) is 41.8 Å². The highest BCUT2D eigenvalue weighted by Gasteiger charge is 2.10. The molecule has 1 aromatic rings. The third kappa shape index (κ3) is 3.61. The molecule has 0 amide bonds. The molecule has 0 aromatic carbocycles. The lowest BCUT2D eigenvalue weighted by Crippen LogP contribution is -2.09. The van der Waals surface area contributed by atoms with E-state index < -0.39 is 0 Å². The fourth-order valence-corrected chi connectivity index (χ4v) is 1.75. The molecule has 1 rings (SSSR count). The predicted octanol–water partition coefficient (Wildman–Crippen LogP) is 3.54. The Morgan fingerprint density at radius 2 is 2.27 bits per heavy atom. The maximum Gasteiger partial charge on any atom is 0.0896 e. The van der Waals surface area contributed by atoms with Gasteiger partial charge in [-0.1, -0.05) is 13.3 Å². The Morgan fingerprint density at radius 1 is 1.53 bits per heavy atom. The molecule has 0 aliphatic carbocycles. The van der Waals surface area contributed by atoms with Crippen molar-refractivity contribution in [2.24, 2.45) is 0 Å². The molecule has 0 radical (unpaired) electrons. The third-order valence-corrected chi connectivity index (χ3v) is 2.88. The monoisotopic (exact) mass is 274 g/mol. The van der Waals surface area contributed by atoms with Crippen molar-refractivity contribution in [2.75, 3.05) is 6.61 Å². The standard InChI is InChI=1S/C11H19BrN2O/c1-4-5-6-15-8-11-10(12)7-13-14(11)9(2)3/h7,9H,4-6,8H2,1-3H3. The van der Waals surface area contributed by atoms with E-state index in [-0.39, 0.29) is 0 Å². The summed E-state index contributed by atoms with van der Waals surface area (Å²) in [6.07, 6.45) is 4.12. The maximum atomic E-state index is 5.60. The molecule has 0 atom stereocenters. The molecule has 0 aliphatic rings. The predicted molar refractivity (Wildman–Crippen MR) is 64.9 cm³/mol. The van der Waals surface area contributed by atoms with Crippen LogP contribution in [0.4, 0.5) is 0 Å². The van der Waals surface area contributed by atoms with Crippen LogP contribution < -0.4 is 0 Å². The number of hydrogen-bond acceptors (Lipinski definition) is 2. The first kappa shape index (κ1) is 12.7. The maximum absolute atomic E-state index is 5.60. The van der Waals surface area contributed by atoms with Crippen LogP contribution in [-0.4, -0.2) is 16.4 Å². The van der Waals surface area contributed by atoms with Crippen molar-refractivity contribution in [2.45, 2.75) is 46.3 Å². The molecule has 86 valence electrons. The van der Waals surface area contributed by atoms with Gasteiger partial charge in [-0.05, 0) is 36.2 Å². The number of rotatable bonds is 6. The minimum absolute atomic E-state index is 0.376. The van der Waals surface area contributed by atoms with Crippen molar-refractivity contribution in [3.8, 4) is 0 Å². The lowest BCUT2D eigenvalue weighted by atomic mass is 10.3. The van der Waals surface area contributed by atoms with Crippen LogP contribution in [0.5, 0.6) is 0 Å². The zero-order valence-electron chi connectivity index (χ0n) is 9.66. The van der Waals surface area contributed by atoms with Crippen LogP contribution in [0.25, 0.3) is 0 Å². The van der Waals surface area contributed by atoms with Crippen LogP contribution in [0.3, 0.4) is 0 Å². The molecule has 0 fully saturated rings. The molecule has 0 saturated heterocycles. The first-order valence-electron chi connectivity index (χ1n) is 5.46. The molecule has 15 heavy (non-hydrogen) atoms. The van der Waals surface area contributed by atoms with E-state index in [1.54, 1.807) is 0 Å². The van der Waals surface area contributed by atoms with Gasteiger partial charge in [0, 0.05) is 12.6 Å². The Kier molecular flexibility index (Phi) is 5.32. The average Bonchev–Trinajstić information content (AvgIpc) is 2.55. The molecule has 0 spiro atoms. The summed E-state index contributed by atoms with van der Waals surface area (Å²) in [5, 5.41) is 4.30. The van der Waals surface area contributed by atoms with E-state index in [9.17, 15) is 0 Å². The lowest BCUT2D eigenvalue weighted by molar-refractivity contribution is 0.111. The smallest absolute Gasteiger partial charge is 0.0896 e. The van der Waals surface area contributed by atoms with Gasteiger partial charge in [-0.25, -0.2) is 0 Å². The minimum Gasteiger partial charge on any atom is -0.375 e. The van der Waals surface area contributed by atoms with Gasteiger partial charge in [0.2, 0.25) is 0 Å². The average molecular weight is 275 g/mol. The first-order chi connectivity index (χ1) is 7.16. The van der Waals surface area contributed by atoms with Crippen LogP contribution in [0, 0.1) is 0 Å². The zero-order valence-corrected chi connectivity index (χ0v) is 11.2. The SMILES string of the molecule is CCCCOCc1c(Br)cnn1C(C)C. The van der Waals surface area contributed by atoms with Crippen molar-refractivity contribution >= 4 is 15.9 Å². The van der Waals surface area contributed by atoms with E-state index in [1.807, 2.05) is 10.9 Å². The molecule has 4 heteroatoms. The van der Waals surface area contributed by atoms with Crippen molar-refractivity contribution < 1.29 is 4.74 Å². The number of unbranched alkanes of at least 4 members (excludes halogenated alkanes) is 1. The van der Waals surface area contributed by atoms with Crippen LogP contribution in [0.2, 0.25) is 0 Å². The zero-order chi connectivity index (χ0) is 11.3. The second kappa shape index (κ2) is 6.28. The van der Waals surface area contributed by atoms with Gasteiger partial charge < -0.3 is 4.74 Å². The fourth-order valence-electron chi connectivity index (χ4n) is 1.36. The van der Waals surface area contributed by atoms with Crippen LogP contribution in [-0.2, 0) is 11.3 Å². The number of ether oxygens (including phenoxy) is 1. The highest BCUT2D eigenvalue weighted by Crippen LogP contribution is 2.20. The first-order valence-corrected chi connectivity index (χ1v) is 6.25. The van der Waals surface area contributed by atoms with E-state index >= 15 is 0 Å². The normalized spacial score (nSPS) is 11.3. The molecule has 0 bridgehead atoms. The van der Waals surface area contributed by atoms with Gasteiger partial charge in [0.1, 0.15) is 0 Å². The van der Waals surface area contributed by atoms with Gasteiger partial charge in [-0.15, -0.1) is 0 Å². The highest BCUT2D eigenvalue weighted by molar-refractivity contribution is 9.10. The summed E-state index contributed by atoms with van der Waals surface area (Å²) in [5.41, 5.74) is 1.13. The van der Waals surface area contributed by atoms with Gasteiger partial charge in [0.05, 0.1) is 23.0 Å². The van der Waals surface area contributed by atoms with Gasteiger partial charge in [0.15, 0.2) is 0 Å². The Labute approximate surface area is 99.9 Å². The Balaban J connectivity index is 2.54. The number of halogens is 1. The summed E-state index contributed by atoms with van der Waals surface area (Å²) < 4.78 is 8.63. The molecule has 1 aromatic heterocycles. The molecular weight excluding hydrogens is 256 g/mol. The van der Waals surface area contributed by atoms with E-state index in [4.69, 9.17) is 4.74 Å². The van der Waals surface area contributed by atoms with Gasteiger partial charge in [-0.2, -0.15) is 5.10 Å². The van der Waals surface area contributed by atoms with Crippen molar-refractivity contribution in [1.29, 1.82) is 0 Å². The molecule has 0 saturated carbocycles. The molecule has 1 heterocycles. The number of aromatic nitrogens is 2. The van der Waals surface area contributed by atoms with E-state index in [0.717, 1.165) is 23.2 Å². The second-order valence-corrected chi connectivity index (χ2v) is 4.74.